The standard InChI is InChI=1S/C21H14Cl2F3NO3/c1-29-15-4-6-18(28)12(8-15)11-27-17-9-13(21(24,25)26)2-7-19(17)30-20-10-14(22)3-5-16(20)23/h2-11,28H,1H3. The molecule has 4 nitrogen and oxygen atoms in total. The zero-order valence-electron chi connectivity index (χ0n) is 15.4. The van der Waals surface area contributed by atoms with Gasteiger partial charge in [0.2, 0.25) is 0 Å². The summed E-state index contributed by atoms with van der Waals surface area (Å²) in [6.07, 6.45) is -3.37. The molecule has 1 N–H and O–H groups in total. The number of methoxy groups -OCH3 is 1. The number of nitrogens with zero attached hydrogens (tertiary/aromatic N) is 1. The molecule has 0 aromatic heterocycles. The number of aliphatic imine (C=N–C) groups is 1. The summed E-state index contributed by atoms with van der Waals surface area (Å²) in [4.78, 5) is 4.09. The Morgan fingerprint density at radius 2 is 1.73 bits per heavy atom. The van der Waals surface area contributed by atoms with Crippen LogP contribution in [0.1, 0.15) is 11.1 Å². The highest BCUT2D eigenvalue weighted by molar-refractivity contribution is 6.34. The summed E-state index contributed by atoms with van der Waals surface area (Å²) in [5.74, 6) is 0.503. The van der Waals surface area contributed by atoms with Crippen LogP contribution in [0.4, 0.5) is 18.9 Å². The topological polar surface area (TPSA) is 51.0 Å². The van der Waals surface area contributed by atoms with E-state index in [-0.39, 0.29) is 33.5 Å². The molecule has 0 radical (unpaired) electrons. The monoisotopic (exact) mass is 455 g/mol. The highest BCUT2D eigenvalue weighted by atomic mass is 35.5. The Morgan fingerprint density at radius 1 is 0.967 bits per heavy atom. The molecule has 3 aromatic rings. The fourth-order valence-corrected chi connectivity index (χ4v) is 2.78. The van der Waals surface area contributed by atoms with Gasteiger partial charge in [-0.2, -0.15) is 13.2 Å². The van der Waals surface area contributed by atoms with E-state index in [2.05, 4.69) is 4.99 Å². The van der Waals surface area contributed by atoms with E-state index in [1.165, 1.54) is 43.7 Å². The van der Waals surface area contributed by atoms with Gasteiger partial charge in [-0.3, -0.25) is 4.99 Å². The van der Waals surface area contributed by atoms with E-state index in [1.54, 1.807) is 6.07 Å². The smallest absolute Gasteiger partial charge is 0.416 e. The minimum Gasteiger partial charge on any atom is -0.507 e. The van der Waals surface area contributed by atoms with Gasteiger partial charge in [0, 0.05) is 22.9 Å². The molecule has 0 fully saturated rings. The minimum absolute atomic E-state index is 0.0193. The van der Waals surface area contributed by atoms with Gasteiger partial charge >= 0.3 is 6.18 Å². The summed E-state index contributed by atoms with van der Waals surface area (Å²) in [5, 5.41) is 10.5. The van der Waals surface area contributed by atoms with Gasteiger partial charge in [0.15, 0.2) is 5.75 Å². The van der Waals surface area contributed by atoms with Gasteiger partial charge in [-0.05, 0) is 48.5 Å². The number of hydrogen-bond donors (Lipinski definition) is 1. The van der Waals surface area contributed by atoms with Gasteiger partial charge < -0.3 is 14.6 Å². The summed E-state index contributed by atoms with van der Waals surface area (Å²) in [5.41, 5.74) is -0.782. The third-order valence-corrected chi connectivity index (χ3v) is 4.52. The molecule has 30 heavy (non-hydrogen) atoms. The second kappa shape index (κ2) is 8.85. The van der Waals surface area contributed by atoms with Crippen LogP contribution in [0, 0.1) is 0 Å². The zero-order valence-corrected chi connectivity index (χ0v) is 16.9. The number of phenols is 1. The van der Waals surface area contributed by atoms with Crippen LogP contribution in [0.25, 0.3) is 0 Å². The van der Waals surface area contributed by atoms with Crippen molar-refractivity contribution in [3.63, 3.8) is 0 Å². The predicted molar refractivity (Wildman–Crippen MR) is 110 cm³/mol. The third kappa shape index (κ3) is 5.17. The second-order valence-electron chi connectivity index (χ2n) is 6.04. The number of benzene rings is 3. The maximum atomic E-state index is 13.2. The first kappa shape index (κ1) is 21.8. The molecule has 0 bridgehead atoms. The lowest BCUT2D eigenvalue weighted by Gasteiger charge is -2.13. The molecule has 0 aliphatic rings. The summed E-state index contributed by atoms with van der Waals surface area (Å²) >= 11 is 12.0. The third-order valence-electron chi connectivity index (χ3n) is 3.98. The van der Waals surface area contributed by atoms with E-state index in [9.17, 15) is 18.3 Å². The van der Waals surface area contributed by atoms with Crippen LogP contribution < -0.4 is 9.47 Å². The van der Waals surface area contributed by atoms with Crippen LogP contribution in [0.3, 0.4) is 0 Å². The summed E-state index contributed by atoms with van der Waals surface area (Å²) < 4.78 is 50.3. The average molecular weight is 456 g/mol. The number of hydrogen-bond acceptors (Lipinski definition) is 4. The molecule has 0 amide bonds. The predicted octanol–water partition coefficient (Wildman–Crippen LogP) is 7.27. The largest absolute Gasteiger partial charge is 0.507 e. The van der Waals surface area contributed by atoms with Gasteiger partial charge in [0.25, 0.3) is 0 Å². The normalized spacial score (nSPS) is 11.7. The fraction of sp³-hybridized carbons (Fsp3) is 0.0952. The van der Waals surface area contributed by atoms with Crippen molar-refractivity contribution in [1.82, 2.24) is 0 Å². The molecule has 0 unspecified atom stereocenters. The maximum Gasteiger partial charge on any atom is 0.416 e. The molecule has 0 saturated heterocycles. The van der Waals surface area contributed by atoms with Crippen LogP contribution in [-0.2, 0) is 6.18 Å². The number of rotatable bonds is 5. The van der Waals surface area contributed by atoms with Crippen LogP contribution in [0.15, 0.2) is 59.6 Å². The SMILES string of the molecule is COc1ccc(O)c(C=Nc2cc(C(F)(F)F)ccc2Oc2cc(Cl)ccc2Cl)c1. The highest BCUT2D eigenvalue weighted by Gasteiger charge is 2.31. The maximum absolute atomic E-state index is 13.2. The number of phenolic OH excluding ortho intramolecular Hbond substituents is 1. The minimum atomic E-state index is -4.57. The summed E-state index contributed by atoms with van der Waals surface area (Å²) in [6, 6.07) is 11.7. The Bertz CT molecular complexity index is 1100. The molecule has 0 saturated carbocycles. The molecule has 9 heteroatoms. The van der Waals surface area contributed by atoms with E-state index in [1.807, 2.05) is 0 Å². The Hall–Kier alpha value is -2.90. The number of ether oxygens (including phenoxy) is 2. The van der Waals surface area contributed by atoms with Crippen LogP contribution in [0.2, 0.25) is 10.0 Å². The van der Waals surface area contributed by atoms with Gasteiger partial charge in [-0.1, -0.05) is 23.2 Å². The molecular weight excluding hydrogens is 442 g/mol. The van der Waals surface area contributed by atoms with Crippen molar-refractivity contribution in [2.75, 3.05) is 7.11 Å². The lowest BCUT2D eigenvalue weighted by molar-refractivity contribution is -0.137. The van der Waals surface area contributed by atoms with Crippen molar-refractivity contribution >= 4 is 35.1 Å². The van der Waals surface area contributed by atoms with Crippen LogP contribution in [-0.4, -0.2) is 18.4 Å². The molecule has 0 spiro atoms. The van der Waals surface area contributed by atoms with Crippen molar-refractivity contribution < 1.29 is 27.8 Å². The van der Waals surface area contributed by atoms with Crippen LogP contribution in [0.5, 0.6) is 23.0 Å². The second-order valence-corrected chi connectivity index (χ2v) is 6.88. The van der Waals surface area contributed by atoms with Crippen molar-refractivity contribution in [2.24, 2.45) is 4.99 Å². The first-order chi connectivity index (χ1) is 14.2. The molecule has 0 heterocycles. The molecule has 3 aromatic carbocycles. The van der Waals surface area contributed by atoms with Gasteiger partial charge in [0.05, 0.1) is 17.7 Å². The Balaban J connectivity index is 2.05. The molecular formula is C21H14Cl2F3NO3. The molecule has 0 aliphatic carbocycles. The summed E-state index contributed by atoms with van der Waals surface area (Å²) in [7, 11) is 1.45. The molecule has 0 atom stereocenters. The van der Waals surface area contributed by atoms with Gasteiger partial charge in [0.1, 0.15) is 22.9 Å². The van der Waals surface area contributed by atoms with Crippen molar-refractivity contribution in [2.45, 2.75) is 6.18 Å². The van der Waals surface area contributed by atoms with E-state index in [0.29, 0.717) is 10.8 Å². The Kier molecular flexibility index (Phi) is 6.43. The van der Waals surface area contributed by atoms with E-state index in [4.69, 9.17) is 32.7 Å². The highest BCUT2D eigenvalue weighted by Crippen LogP contribution is 2.40. The fourth-order valence-electron chi connectivity index (χ4n) is 2.46. The molecule has 3 rings (SSSR count). The average Bonchev–Trinajstić information content (AvgIpc) is 2.70. The van der Waals surface area contributed by atoms with Crippen LogP contribution >= 0.6 is 23.2 Å². The lowest BCUT2D eigenvalue weighted by Crippen LogP contribution is -2.04. The lowest BCUT2D eigenvalue weighted by atomic mass is 10.1. The quantitative estimate of drug-likeness (QED) is 0.411. The van der Waals surface area contributed by atoms with Crippen molar-refractivity contribution in [3.05, 3.63) is 75.8 Å². The Morgan fingerprint density at radius 3 is 2.43 bits per heavy atom. The molecule has 0 aliphatic heterocycles. The first-order valence-corrected chi connectivity index (χ1v) is 9.18. The zero-order chi connectivity index (χ0) is 21.9. The molecule has 156 valence electrons. The van der Waals surface area contributed by atoms with E-state index < -0.39 is 11.7 Å². The number of alkyl halides is 3. The van der Waals surface area contributed by atoms with Crippen molar-refractivity contribution in [1.29, 1.82) is 0 Å². The van der Waals surface area contributed by atoms with E-state index >= 15 is 0 Å². The summed E-state index contributed by atoms with van der Waals surface area (Å²) in [6.45, 7) is 0. The van der Waals surface area contributed by atoms with Crippen molar-refractivity contribution in [3.8, 4) is 23.0 Å². The van der Waals surface area contributed by atoms with E-state index in [0.717, 1.165) is 18.2 Å². The van der Waals surface area contributed by atoms with Gasteiger partial charge in [-0.25, -0.2) is 0 Å². The van der Waals surface area contributed by atoms with Gasteiger partial charge in [-0.15, -0.1) is 0 Å². The number of aromatic hydroxyl groups is 1. The first-order valence-electron chi connectivity index (χ1n) is 8.42. The number of halogens is 5. The Labute approximate surface area is 180 Å².